The number of ether oxygens (including phenoxy) is 1. The van der Waals surface area contributed by atoms with Crippen LogP contribution in [0.15, 0.2) is 64.1 Å². The van der Waals surface area contributed by atoms with Crippen LogP contribution in [-0.2, 0) is 9.53 Å². The maximum Gasteiger partial charge on any atom is 0.327 e. The summed E-state index contributed by atoms with van der Waals surface area (Å²) in [5.41, 5.74) is 1.75. The minimum atomic E-state index is -0.518. The van der Waals surface area contributed by atoms with Gasteiger partial charge in [-0.1, -0.05) is 41.0 Å². The fourth-order valence-electron chi connectivity index (χ4n) is 2.59. The van der Waals surface area contributed by atoms with Crippen LogP contribution in [0.2, 0.25) is 0 Å². The van der Waals surface area contributed by atoms with Crippen LogP contribution < -0.4 is 10.3 Å². The highest BCUT2D eigenvalue weighted by atomic mass is 16.5. The van der Waals surface area contributed by atoms with Crippen molar-refractivity contribution in [3.63, 3.8) is 0 Å². The monoisotopic (exact) mass is 432 g/mol. The molecule has 0 saturated heterocycles. The maximum absolute atomic E-state index is 12.2. The summed E-state index contributed by atoms with van der Waals surface area (Å²) in [5.74, 6) is -1.17. The summed E-state index contributed by atoms with van der Waals surface area (Å²) >= 11 is 0. The lowest BCUT2D eigenvalue weighted by Crippen LogP contribution is -2.28. The van der Waals surface area contributed by atoms with Crippen molar-refractivity contribution in [1.29, 1.82) is 5.26 Å². The summed E-state index contributed by atoms with van der Waals surface area (Å²) in [6.07, 6.45) is 0. The van der Waals surface area contributed by atoms with E-state index < -0.39 is 11.9 Å². The topological polar surface area (TPSA) is 134 Å². The van der Waals surface area contributed by atoms with Crippen LogP contribution >= 0.6 is 0 Å². The van der Waals surface area contributed by atoms with Crippen LogP contribution in [0.3, 0.4) is 0 Å². The van der Waals surface area contributed by atoms with Crippen molar-refractivity contribution < 1.29 is 18.7 Å². The first-order chi connectivity index (χ1) is 15.5. The summed E-state index contributed by atoms with van der Waals surface area (Å²) in [4.78, 5) is 24.3. The number of carbonyl (C=O) groups excluding carboxylic acids is 2. The summed E-state index contributed by atoms with van der Waals surface area (Å²) < 4.78 is 10.4. The minimum absolute atomic E-state index is 0.191. The van der Waals surface area contributed by atoms with Gasteiger partial charge in [0, 0.05) is 5.56 Å². The fraction of sp³-hybridized carbons (Fsp3) is 0.182. The third-order valence-electron chi connectivity index (χ3n) is 4.13. The number of aryl methyl sites for hydroxylation is 1. The Balaban J connectivity index is 1.84. The molecule has 1 amide bonds. The molecule has 0 unspecified atom stereocenters. The van der Waals surface area contributed by atoms with Crippen molar-refractivity contribution in [2.45, 2.75) is 13.8 Å². The zero-order chi connectivity index (χ0) is 22.9. The molecule has 0 atom stereocenters. The average molecular weight is 432 g/mol. The Morgan fingerprint density at radius 2 is 1.88 bits per heavy atom. The number of hydrogen-bond donors (Lipinski definition) is 1. The highest BCUT2D eigenvalue weighted by Gasteiger charge is 2.19. The van der Waals surface area contributed by atoms with E-state index in [4.69, 9.17) is 9.15 Å². The SMILES string of the molecule is CCOC(=O)CN(/N=C(\C#N)c1nnc(NC(=O)c2ccccc2)o1)c1ccc(C)cc1. The number of rotatable bonds is 8. The van der Waals surface area contributed by atoms with Gasteiger partial charge in [-0.25, -0.2) is 0 Å². The number of carbonyl (C=O) groups is 2. The lowest BCUT2D eigenvalue weighted by atomic mass is 10.2. The van der Waals surface area contributed by atoms with E-state index in [1.54, 1.807) is 49.4 Å². The molecular weight excluding hydrogens is 412 g/mol. The number of benzene rings is 2. The Hall–Kier alpha value is -4.52. The van der Waals surface area contributed by atoms with E-state index >= 15 is 0 Å². The Morgan fingerprint density at radius 1 is 1.16 bits per heavy atom. The number of amides is 1. The smallest absolute Gasteiger partial charge is 0.327 e. The standard InChI is InChI=1S/C22H20N6O4/c1-3-31-19(29)14-28(17-11-9-15(2)10-12-17)27-18(13-23)21-25-26-22(32-21)24-20(30)16-7-5-4-6-8-16/h4-12H,3,14H2,1-2H3,(H,24,26,30)/b27-18+. The second kappa shape index (κ2) is 10.5. The molecule has 162 valence electrons. The summed E-state index contributed by atoms with van der Waals surface area (Å²) in [6.45, 7) is 3.60. The maximum atomic E-state index is 12.2. The van der Waals surface area contributed by atoms with Crippen LogP contribution in [0, 0.1) is 18.3 Å². The highest BCUT2D eigenvalue weighted by Crippen LogP contribution is 2.17. The molecule has 1 N–H and O–H groups in total. The molecule has 3 rings (SSSR count). The number of anilines is 2. The van der Waals surface area contributed by atoms with Crippen LogP contribution in [0.25, 0.3) is 0 Å². The van der Waals surface area contributed by atoms with E-state index in [1.165, 1.54) is 5.01 Å². The third kappa shape index (κ3) is 5.76. The van der Waals surface area contributed by atoms with E-state index in [9.17, 15) is 14.9 Å². The predicted octanol–water partition coefficient (Wildman–Crippen LogP) is 2.93. The van der Waals surface area contributed by atoms with Gasteiger partial charge in [0.05, 0.1) is 12.3 Å². The zero-order valence-corrected chi connectivity index (χ0v) is 17.5. The molecule has 0 aliphatic heterocycles. The number of nitriles is 1. The van der Waals surface area contributed by atoms with E-state index in [2.05, 4.69) is 20.6 Å². The first-order valence-corrected chi connectivity index (χ1v) is 9.69. The van der Waals surface area contributed by atoms with Gasteiger partial charge in [0.15, 0.2) is 0 Å². The third-order valence-corrected chi connectivity index (χ3v) is 4.13. The first-order valence-electron chi connectivity index (χ1n) is 9.69. The van der Waals surface area contributed by atoms with Gasteiger partial charge in [-0.15, -0.1) is 5.10 Å². The van der Waals surface area contributed by atoms with Crippen molar-refractivity contribution in [1.82, 2.24) is 10.2 Å². The Labute approximate surface area is 184 Å². The summed E-state index contributed by atoms with van der Waals surface area (Å²) in [7, 11) is 0. The van der Waals surface area contributed by atoms with Gasteiger partial charge in [-0.3, -0.25) is 19.9 Å². The normalized spacial score (nSPS) is 10.8. The molecule has 0 aliphatic rings. The molecule has 3 aromatic rings. The number of esters is 1. The largest absolute Gasteiger partial charge is 0.465 e. The Kier molecular flexibility index (Phi) is 7.27. The molecule has 1 heterocycles. The van der Waals surface area contributed by atoms with E-state index in [0.29, 0.717) is 11.3 Å². The van der Waals surface area contributed by atoms with Gasteiger partial charge < -0.3 is 9.15 Å². The van der Waals surface area contributed by atoms with Crippen molar-refractivity contribution in [2.75, 3.05) is 23.5 Å². The molecule has 10 heteroatoms. The molecule has 2 aromatic carbocycles. The fourth-order valence-corrected chi connectivity index (χ4v) is 2.59. The molecular formula is C22H20N6O4. The van der Waals surface area contributed by atoms with Crippen molar-refractivity contribution in [3.8, 4) is 6.07 Å². The molecule has 10 nitrogen and oxygen atoms in total. The molecule has 0 spiro atoms. The van der Waals surface area contributed by atoms with Crippen LogP contribution in [0.5, 0.6) is 0 Å². The number of hydrogen-bond acceptors (Lipinski definition) is 9. The number of nitrogens with zero attached hydrogens (tertiary/aromatic N) is 5. The van der Waals surface area contributed by atoms with Gasteiger partial charge >= 0.3 is 12.0 Å². The highest BCUT2D eigenvalue weighted by molar-refractivity contribution is 6.09. The van der Waals surface area contributed by atoms with Gasteiger partial charge in [-0.05, 0) is 38.1 Å². The van der Waals surface area contributed by atoms with Gasteiger partial charge in [-0.2, -0.15) is 10.4 Å². The average Bonchev–Trinajstić information content (AvgIpc) is 3.26. The van der Waals surface area contributed by atoms with Crippen molar-refractivity contribution in [3.05, 3.63) is 71.6 Å². The summed E-state index contributed by atoms with van der Waals surface area (Å²) in [6, 6.07) is 17.4. The van der Waals surface area contributed by atoms with E-state index in [-0.39, 0.29) is 30.8 Å². The molecule has 32 heavy (non-hydrogen) atoms. The lowest BCUT2D eigenvalue weighted by Gasteiger charge is -2.18. The number of nitrogens with one attached hydrogen (secondary N) is 1. The van der Waals surface area contributed by atoms with Crippen LogP contribution in [0.4, 0.5) is 11.7 Å². The second-order valence-corrected chi connectivity index (χ2v) is 6.49. The molecule has 0 bridgehead atoms. The van der Waals surface area contributed by atoms with Gasteiger partial charge in [0.25, 0.3) is 11.8 Å². The van der Waals surface area contributed by atoms with Crippen molar-refractivity contribution >= 4 is 29.3 Å². The minimum Gasteiger partial charge on any atom is -0.465 e. The summed E-state index contributed by atoms with van der Waals surface area (Å²) in [5, 5.41) is 25.1. The Morgan fingerprint density at radius 3 is 2.53 bits per heavy atom. The van der Waals surface area contributed by atoms with Crippen molar-refractivity contribution in [2.24, 2.45) is 5.10 Å². The van der Waals surface area contributed by atoms with Gasteiger partial charge in [0.1, 0.15) is 12.6 Å². The quantitative estimate of drug-likeness (QED) is 0.326. The van der Waals surface area contributed by atoms with Gasteiger partial charge in [0.2, 0.25) is 5.71 Å². The molecule has 0 saturated carbocycles. The second-order valence-electron chi connectivity index (χ2n) is 6.49. The molecule has 0 aliphatic carbocycles. The predicted molar refractivity (Wildman–Crippen MR) is 116 cm³/mol. The number of aromatic nitrogens is 2. The zero-order valence-electron chi connectivity index (χ0n) is 17.5. The first kappa shape index (κ1) is 22.2. The molecule has 0 radical (unpaired) electrons. The van der Waals surface area contributed by atoms with E-state index in [1.807, 2.05) is 25.1 Å². The Bertz CT molecular complexity index is 1150. The van der Waals surface area contributed by atoms with Crippen LogP contribution in [0.1, 0.15) is 28.7 Å². The van der Waals surface area contributed by atoms with E-state index in [0.717, 1.165) is 5.56 Å². The lowest BCUT2D eigenvalue weighted by molar-refractivity contribution is -0.141. The number of hydrazone groups is 1. The molecule has 1 aromatic heterocycles. The molecule has 0 fully saturated rings. The van der Waals surface area contributed by atoms with Crippen LogP contribution in [-0.4, -0.2) is 40.9 Å².